The van der Waals surface area contributed by atoms with E-state index in [4.69, 9.17) is 0 Å². The van der Waals surface area contributed by atoms with Gasteiger partial charge < -0.3 is 10.6 Å². The highest BCUT2D eigenvalue weighted by Gasteiger charge is 2.33. The molecule has 7 heteroatoms. The van der Waals surface area contributed by atoms with Gasteiger partial charge in [-0.25, -0.2) is 4.98 Å². The topological polar surface area (TPSA) is 99.8 Å². The van der Waals surface area contributed by atoms with Crippen LogP contribution in [-0.2, 0) is 4.79 Å². The van der Waals surface area contributed by atoms with Crippen molar-refractivity contribution in [2.75, 3.05) is 0 Å². The van der Waals surface area contributed by atoms with Crippen molar-refractivity contribution in [1.29, 1.82) is 0 Å². The lowest BCUT2D eigenvalue weighted by Gasteiger charge is -2.27. The minimum Gasteiger partial charge on any atom is -0.353 e. The van der Waals surface area contributed by atoms with Gasteiger partial charge in [-0.1, -0.05) is 18.2 Å². The molecule has 2 aliphatic carbocycles. The number of carbonyl (C=O) groups excluding carboxylic acids is 2. The standard InChI is InChI=1S/C19H23N5O2/c25-18(22-13-4-3-5-13)12-8-9-14(10-12)23-19(26)16-7-2-1-6-15(16)17-20-11-21-24-17/h1-2,6-7,11-14H,3-5,8-10H2,(H,22,25)(H,23,26)(H,20,21,24)/t12-,14+/m0/s1. The summed E-state index contributed by atoms with van der Waals surface area (Å²) in [6, 6.07) is 7.72. The fourth-order valence-electron chi connectivity index (χ4n) is 3.71. The Kier molecular flexibility index (Phi) is 4.69. The van der Waals surface area contributed by atoms with Gasteiger partial charge in [-0.3, -0.25) is 14.7 Å². The lowest BCUT2D eigenvalue weighted by Crippen LogP contribution is -2.42. The smallest absolute Gasteiger partial charge is 0.252 e. The van der Waals surface area contributed by atoms with Gasteiger partial charge in [0.15, 0.2) is 5.82 Å². The number of aromatic amines is 1. The molecule has 0 saturated heterocycles. The lowest BCUT2D eigenvalue weighted by atomic mass is 9.92. The minimum absolute atomic E-state index is 0.00502. The molecule has 2 saturated carbocycles. The third-order valence-corrected chi connectivity index (χ3v) is 5.43. The largest absolute Gasteiger partial charge is 0.353 e. The molecule has 0 radical (unpaired) electrons. The Morgan fingerprint density at radius 1 is 1.04 bits per heavy atom. The van der Waals surface area contributed by atoms with E-state index in [9.17, 15) is 9.59 Å². The summed E-state index contributed by atoms with van der Waals surface area (Å²) < 4.78 is 0. The van der Waals surface area contributed by atoms with Crippen LogP contribution in [0.1, 0.15) is 48.9 Å². The maximum Gasteiger partial charge on any atom is 0.252 e. The van der Waals surface area contributed by atoms with Crippen molar-refractivity contribution in [2.24, 2.45) is 5.92 Å². The third kappa shape index (κ3) is 3.47. The van der Waals surface area contributed by atoms with Gasteiger partial charge in [-0.15, -0.1) is 0 Å². The number of nitrogens with zero attached hydrogens (tertiary/aromatic N) is 2. The Balaban J connectivity index is 1.38. The number of H-pyrrole nitrogens is 1. The first-order chi connectivity index (χ1) is 12.7. The Hall–Kier alpha value is -2.70. The van der Waals surface area contributed by atoms with Crippen LogP contribution in [0.15, 0.2) is 30.6 Å². The second kappa shape index (κ2) is 7.27. The van der Waals surface area contributed by atoms with Gasteiger partial charge in [-0.05, 0) is 44.6 Å². The van der Waals surface area contributed by atoms with Crippen molar-refractivity contribution >= 4 is 11.8 Å². The zero-order valence-electron chi connectivity index (χ0n) is 14.6. The third-order valence-electron chi connectivity index (χ3n) is 5.43. The van der Waals surface area contributed by atoms with Crippen LogP contribution in [-0.4, -0.2) is 39.1 Å². The number of rotatable bonds is 5. The van der Waals surface area contributed by atoms with E-state index in [0.717, 1.165) is 31.2 Å². The van der Waals surface area contributed by atoms with E-state index in [-0.39, 0.29) is 23.8 Å². The van der Waals surface area contributed by atoms with Crippen molar-refractivity contribution in [3.05, 3.63) is 36.2 Å². The number of amides is 2. The van der Waals surface area contributed by atoms with Gasteiger partial charge in [0.05, 0.1) is 5.56 Å². The van der Waals surface area contributed by atoms with Crippen LogP contribution < -0.4 is 10.6 Å². The lowest BCUT2D eigenvalue weighted by molar-refractivity contribution is -0.126. The summed E-state index contributed by atoms with van der Waals surface area (Å²) in [7, 11) is 0. The second-order valence-electron chi connectivity index (χ2n) is 7.20. The molecule has 0 unspecified atom stereocenters. The van der Waals surface area contributed by atoms with E-state index in [1.807, 2.05) is 18.2 Å². The highest BCUT2D eigenvalue weighted by atomic mass is 16.2. The van der Waals surface area contributed by atoms with Crippen LogP contribution in [0.3, 0.4) is 0 Å². The molecule has 0 bridgehead atoms. The molecule has 0 spiro atoms. The van der Waals surface area contributed by atoms with Crippen LogP contribution in [0, 0.1) is 5.92 Å². The zero-order chi connectivity index (χ0) is 17.9. The minimum atomic E-state index is -0.137. The Bertz CT molecular complexity index is 785. The maximum absolute atomic E-state index is 12.8. The van der Waals surface area contributed by atoms with Gasteiger partial charge in [0, 0.05) is 23.6 Å². The number of hydrogen-bond donors (Lipinski definition) is 3. The number of benzene rings is 1. The van der Waals surface area contributed by atoms with E-state index in [2.05, 4.69) is 25.8 Å². The maximum atomic E-state index is 12.8. The van der Waals surface area contributed by atoms with E-state index in [1.165, 1.54) is 12.7 Å². The van der Waals surface area contributed by atoms with Gasteiger partial charge in [0.25, 0.3) is 5.91 Å². The first-order valence-electron chi connectivity index (χ1n) is 9.26. The van der Waals surface area contributed by atoms with Crippen molar-refractivity contribution in [3.63, 3.8) is 0 Å². The summed E-state index contributed by atoms with van der Waals surface area (Å²) in [6.07, 6.45) is 7.18. The van der Waals surface area contributed by atoms with E-state index < -0.39 is 0 Å². The van der Waals surface area contributed by atoms with Gasteiger partial charge in [-0.2, -0.15) is 5.10 Å². The van der Waals surface area contributed by atoms with Crippen LogP contribution >= 0.6 is 0 Å². The van der Waals surface area contributed by atoms with Crippen molar-refractivity contribution < 1.29 is 9.59 Å². The number of nitrogens with one attached hydrogen (secondary N) is 3. The number of carbonyl (C=O) groups is 2. The summed E-state index contributed by atoms with van der Waals surface area (Å²) in [5.41, 5.74) is 1.28. The molecular formula is C19H23N5O2. The molecule has 2 amide bonds. The Morgan fingerprint density at radius 3 is 2.62 bits per heavy atom. The molecule has 1 aromatic heterocycles. The van der Waals surface area contributed by atoms with Crippen LogP contribution in [0.25, 0.3) is 11.4 Å². The predicted molar refractivity (Wildman–Crippen MR) is 96.2 cm³/mol. The molecule has 26 heavy (non-hydrogen) atoms. The monoisotopic (exact) mass is 353 g/mol. The molecule has 2 atom stereocenters. The summed E-state index contributed by atoms with van der Waals surface area (Å²) in [5, 5.41) is 12.9. The predicted octanol–water partition coefficient (Wildman–Crippen LogP) is 2.04. The SMILES string of the molecule is O=C(N[C@@H]1CC[C@H](C(=O)NC2CCC2)C1)c1ccccc1-c1ncn[nH]1. The van der Waals surface area contributed by atoms with Crippen molar-refractivity contribution in [3.8, 4) is 11.4 Å². The quantitative estimate of drug-likeness (QED) is 0.766. The normalized spacial score (nSPS) is 22.6. The molecule has 0 aliphatic heterocycles. The molecule has 1 aromatic carbocycles. The molecule has 4 rings (SSSR count). The average Bonchev–Trinajstić information content (AvgIpc) is 3.30. The molecule has 2 aromatic rings. The van der Waals surface area contributed by atoms with Crippen molar-refractivity contribution in [1.82, 2.24) is 25.8 Å². The van der Waals surface area contributed by atoms with E-state index >= 15 is 0 Å². The number of aromatic nitrogens is 3. The van der Waals surface area contributed by atoms with Crippen molar-refractivity contribution in [2.45, 2.75) is 50.6 Å². The molecule has 2 fully saturated rings. The fraction of sp³-hybridized carbons (Fsp3) is 0.474. The highest BCUT2D eigenvalue weighted by Crippen LogP contribution is 2.28. The highest BCUT2D eigenvalue weighted by molar-refractivity contribution is 6.00. The van der Waals surface area contributed by atoms with Crippen LogP contribution in [0.2, 0.25) is 0 Å². The van der Waals surface area contributed by atoms with Crippen LogP contribution in [0.5, 0.6) is 0 Å². The summed E-state index contributed by atoms with van der Waals surface area (Å²) in [4.78, 5) is 29.2. The molecule has 136 valence electrons. The Morgan fingerprint density at radius 2 is 1.88 bits per heavy atom. The molecule has 2 aliphatic rings. The average molecular weight is 353 g/mol. The second-order valence-corrected chi connectivity index (χ2v) is 7.20. The van der Waals surface area contributed by atoms with Crippen LogP contribution in [0.4, 0.5) is 0 Å². The molecular weight excluding hydrogens is 330 g/mol. The zero-order valence-corrected chi connectivity index (χ0v) is 14.6. The first-order valence-corrected chi connectivity index (χ1v) is 9.26. The molecule has 1 heterocycles. The van der Waals surface area contributed by atoms with Gasteiger partial charge in [0.1, 0.15) is 6.33 Å². The summed E-state index contributed by atoms with van der Waals surface area (Å²) in [5.74, 6) is 0.584. The van der Waals surface area contributed by atoms with Gasteiger partial charge >= 0.3 is 0 Å². The molecule has 7 nitrogen and oxygen atoms in total. The summed E-state index contributed by atoms with van der Waals surface area (Å²) in [6.45, 7) is 0. The van der Waals surface area contributed by atoms with E-state index in [0.29, 0.717) is 23.9 Å². The summed E-state index contributed by atoms with van der Waals surface area (Å²) >= 11 is 0. The Labute approximate surface area is 152 Å². The molecule has 3 N–H and O–H groups in total. The number of hydrogen-bond acceptors (Lipinski definition) is 4. The van der Waals surface area contributed by atoms with Gasteiger partial charge in [0.2, 0.25) is 5.91 Å². The van der Waals surface area contributed by atoms with E-state index in [1.54, 1.807) is 6.07 Å². The first kappa shape index (κ1) is 16.8. The fourth-order valence-corrected chi connectivity index (χ4v) is 3.71.